The Morgan fingerprint density at radius 1 is 1.02 bits per heavy atom. The van der Waals surface area contributed by atoms with E-state index in [9.17, 15) is 23.6 Å². The van der Waals surface area contributed by atoms with Crippen LogP contribution in [0.1, 0.15) is 62.4 Å². The molecule has 0 saturated heterocycles. The summed E-state index contributed by atoms with van der Waals surface area (Å²) in [6, 6.07) is 4.96. The van der Waals surface area contributed by atoms with Crippen LogP contribution in [0.25, 0.3) is 0 Å². The number of anilines is 1. The number of carbonyl (C=O) groups is 4. The number of rotatable bonds is 9. The molecule has 1 aliphatic carbocycles. The average Bonchev–Trinajstić information content (AvgIpc) is 3.17. The highest BCUT2D eigenvalue weighted by Gasteiger charge is 2.41. The number of esters is 1. The van der Waals surface area contributed by atoms with Crippen LogP contribution in [0.4, 0.5) is 10.1 Å². The number of aromatic nitrogens is 1. The van der Waals surface area contributed by atoms with Gasteiger partial charge in [-0.1, -0.05) is 54.6 Å². The number of hydrogen-bond donors (Lipinski definition) is 1. The summed E-state index contributed by atoms with van der Waals surface area (Å²) in [6.45, 7) is 1.93. The van der Waals surface area contributed by atoms with Crippen molar-refractivity contribution < 1.29 is 38.1 Å². The van der Waals surface area contributed by atoms with Gasteiger partial charge in [0.15, 0.2) is 12.3 Å². The van der Waals surface area contributed by atoms with Gasteiger partial charge in [0, 0.05) is 17.2 Å². The fourth-order valence-corrected chi connectivity index (χ4v) is 4.58. The van der Waals surface area contributed by atoms with Crippen molar-refractivity contribution in [1.82, 2.24) is 4.98 Å². The van der Waals surface area contributed by atoms with Crippen molar-refractivity contribution in [3.8, 4) is 5.75 Å². The maximum Gasteiger partial charge on any atom is 0.356 e. The monoisotopic (exact) mass is 614 g/mol. The highest BCUT2D eigenvalue weighted by atomic mass is 35.5. The number of amides is 2. The molecule has 0 radical (unpaired) electrons. The topological polar surface area (TPSA) is 123 Å². The van der Waals surface area contributed by atoms with E-state index < -0.39 is 36.2 Å². The van der Waals surface area contributed by atoms with Crippen LogP contribution in [0.2, 0.25) is 15.2 Å². The van der Waals surface area contributed by atoms with Crippen molar-refractivity contribution in [3.05, 3.63) is 62.1 Å². The Morgan fingerprint density at radius 2 is 1.68 bits per heavy atom. The van der Waals surface area contributed by atoms with E-state index in [2.05, 4.69) is 4.98 Å². The van der Waals surface area contributed by atoms with E-state index in [4.69, 9.17) is 49.4 Å². The van der Waals surface area contributed by atoms with Gasteiger partial charge in [-0.05, 0) is 50.3 Å². The Hall–Kier alpha value is -3.21. The maximum atomic E-state index is 14.5. The number of halogens is 4. The number of aromatic carboxylic acids is 1. The summed E-state index contributed by atoms with van der Waals surface area (Å²) in [5, 5.41) is 8.62. The maximum absolute atomic E-state index is 14.5. The Morgan fingerprint density at radius 3 is 2.25 bits per heavy atom. The molecule has 0 saturated carbocycles. The predicted octanol–water partition coefficient (Wildman–Crippen LogP) is 6.42. The summed E-state index contributed by atoms with van der Waals surface area (Å²) < 4.78 is 25.0. The third-order valence-corrected chi connectivity index (χ3v) is 6.81. The highest BCUT2D eigenvalue weighted by molar-refractivity contribution is 6.35. The van der Waals surface area contributed by atoms with Crippen LogP contribution in [0.3, 0.4) is 0 Å². The molecule has 2 amide bonds. The molecule has 1 aromatic carbocycles. The van der Waals surface area contributed by atoms with Gasteiger partial charge in [-0.3, -0.25) is 9.59 Å². The van der Waals surface area contributed by atoms with Crippen molar-refractivity contribution in [2.24, 2.45) is 0 Å². The second-order valence-electron chi connectivity index (χ2n) is 8.83. The smallest absolute Gasteiger partial charge is 0.356 e. The second-order valence-corrected chi connectivity index (χ2v) is 10.0. The number of hydrogen-bond acceptors (Lipinski definition) is 7. The normalized spacial score (nSPS) is 14.5. The Bertz CT molecular complexity index is 1320. The summed E-state index contributed by atoms with van der Waals surface area (Å²) >= 11 is 16.9. The number of carboxylic acid groups (broad SMARTS) is 1. The molecule has 1 aliphatic heterocycles. The predicted molar refractivity (Wildman–Crippen MR) is 147 cm³/mol. The van der Waals surface area contributed by atoms with Crippen molar-refractivity contribution in [2.45, 2.75) is 51.9 Å². The molecular formula is C27H26Cl3FN2O7. The third kappa shape index (κ3) is 7.71. The fraction of sp³-hybridized carbons (Fsp3) is 0.370. The molecular weight excluding hydrogens is 590 g/mol. The van der Waals surface area contributed by atoms with Gasteiger partial charge in [-0.2, -0.15) is 0 Å². The van der Waals surface area contributed by atoms with E-state index in [0.29, 0.717) is 30.6 Å². The van der Waals surface area contributed by atoms with Crippen LogP contribution in [0.5, 0.6) is 5.75 Å². The van der Waals surface area contributed by atoms with E-state index in [1.807, 2.05) is 6.92 Å². The first kappa shape index (κ1) is 31.3. The zero-order valence-corrected chi connectivity index (χ0v) is 23.7. The molecule has 1 aromatic heterocycles. The number of imide groups is 1. The zero-order valence-electron chi connectivity index (χ0n) is 21.5. The SMILES string of the molecule is CCCCCOC(=O)COc1cc(N2C(=O)C3=C(CCCC3)C2=O)c(F)cc1Cl.O=C(O)c1nc(Cl)ccc1Cl. The summed E-state index contributed by atoms with van der Waals surface area (Å²) in [5.74, 6) is -3.59. The summed E-state index contributed by atoms with van der Waals surface area (Å²) in [6.07, 6.45) is 5.40. The molecule has 0 atom stereocenters. The lowest BCUT2D eigenvalue weighted by atomic mass is 9.93. The number of ether oxygens (including phenoxy) is 2. The third-order valence-electron chi connectivity index (χ3n) is 6.00. The first-order chi connectivity index (χ1) is 19.0. The van der Waals surface area contributed by atoms with Gasteiger partial charge in [0.25, 0.3) is 11.8 Å². The van der Waals surface area contributed by atoms with Gasteiger partial charge < -0.3 is 14.6 Å². The fourth-order valence-electron chi connectivity index (χ4n) is 4.04. The van der Waals surface area contributed by atoms with Crippen molar-refractivity contribution in [1.29, 1.82) is 0 Å². The number of carbonyl (C=O) groups excluding carboxylic acids is 3. The minimum atomic E-state index is -1.18. The minimum Gasteiger partial charge on any atom is -0.480 e. The van der Waals surface area contributed by atoms with Crippen LogP contribution < -0.4 is 9.64 Å². The molecule has 2 aliphatic rings. The molecule has 0 spiro atoms. The second kappa shape index (κ2) is 14.4. The number of pyridine rings is 1. The Kier molecular flexibility index (Phi) is 11.3. The average molecular weight is 616 g/mol. The Balaban J connectivity index is 0.000000336. The molecule has 40 heavy (non-hydrogen) atoms. The quantitative estimate of drug-likeness (QED) is 0.148. The number of benzene rings is 1. The van der Waals surface area contributed by atoms with Crippen LogP contribution >= 0.6 is 34.8 Å². The number of nitrogens with zero attached hydrogens (tertiary/aromatic N) is 2. The van der Waals surface area contributed by atoms with Crippen molar-refractivity contribution in [3.63, 3.8) is 0 Å². The molecule has 0 unspecified atom stereocenters. The van der Waals surface area contributed by atoms with Crippen LogP contribution in [0.15, 0.2) is 35.4 Å². The minimum absolute atomic E-state index is 0.000883. The zero-order chi connectivity index (χ0) is 29.4. The molecule has 4 rings (SSSR count). The number of carboxylic acids is 1. The first-order valence-corrected chi connectivity index (χ1v) is 13.6. The molecule has 1 N–H and O–H groups in total. The molecule has 0 fully saturated rings. The van der Waals surface area contributed by atoms with E-state index in [0.717, 1.165) is 43.1 Å². The van der Waals surface area contributed by atoms with Crippen molar-refractivity contribution in [2.75, 3.05) is 18.1 Å². The van der Waals surface area contributed by atoms with Gasteiger partial charge in [0.05, 0.1) is 22.3 Å². The van der Waals surface area contributed by atoms with Crippen LogP contribution in [-0.2, 0) is 19.1 Å². The van der Waals surface area contributed by atoms with Gasteiger partial charge >= 0.3 is 11.9 Å². The van der Waals surface area contributed by atoms with Crippen LogP contribution in [0, 0.1) is 5.82 Å². The van der Waals surface area contributed by atoms with Gasteiger partial charge in [-0.25, -0.2) is 23.9 Å². The molecule has 9 nitrogen and oxygen atoms in total. The molecule has 0 bridgehead atoms. The standard InChI is InChI=1S/C21H23ClFNO5.C6H3Cl2NO2/c1-2-3-6-9-28-19(25)12-29-18-11-17(16(23)10-15(18)22)24-20(26)13-7-4-5-8-14(13)21(24)27;7-3-1-2-4(8)9-5(3)6(10)11/h10-11H,2-9,12H2,1H3;1-2H,(H,10,11). The van der Waals surface area contributed by atoms with E-state index >= 15 is 0 Å². The first-order valence-electron chi connectivity index (χ1n) is 12.5. The van der Waals surface area contributed by atoms with E-state index in [-0.39, 0.29) is 32.3 Å². The van der Waals surface area contributed by atoms with Crippen molar-refractivity contribution >= 4 is 64.2 Å². The van der Waals surface area contributed by atoms with Gasteiger partial charge in [-0.15, -0.1) is 0 Å². The molecule has 2 heterocycles. The lowest BCUT2D eigenvalue weighted by Crippen LogP contribution is -2.32. The van der Waals surface area contributed by atoms with E-state index in [1.54, 1.807) is 0 Å². The highest BCUT2D eigenvalue weighted by Crippen LogP contribution is 2.39. The molecule has 214 valence electrons. The summed E-state index contributed by atoms with van der Waals surface area (Å²) in [4.78, 5) is 51.8. The lowest BCUT2D eigenvalue weighted by Gasteiger charge is -2.18. The van der Waals surface area contributed by atoms with Gasteiger partial charge in [0.1, 0.15) is 16.7 Å². The lowest BCUT2D eigenvalue weighted by molar-refractivity contribution is -0.146. The molecule has 13 heteroatoms. The number of unbranched alkanes of at least 4 members (excludes halogenated alkanes) is 2. The van der Waals surface area contributed by atoms with Gasteiger partial charge in [0.2, 0.25) is 0 Å². The summed E-state index contributed by atoms with van der Waals surface area (Å²) in [7, 11) is 0. The molecule has 2 aromatic rings. The Labute approximate surface area is 244 Å². The van der Waals surface area contributed by atoms with E-state index in [1.165, 1.54) is 18.2 Å². The summed E-state index contributed by atoms with van der Waals surface area (Å²) in [5.41, 5.74) is 0.451. The van der Waals surface area contributed by atoms with Crippen LogP contribution in [-0.4, -0.2) is 47.1 Å². The largest absolute Gasteiger partial charge is 0.480 e.